The van der Waals surface area contributed by atoms with Gasteiger partial charge in [0.25, 0.3) is 0 Å². The van der Waals surface area contributed by atoms with Gasteiger partial charge in [0.15, 0.2) is 0 Å². The molecular weight excluding hydrogens is 308 g/mol. The molecule has 0 aromatic heterocycles. The number of hydrogen-bond donors (Lipinski definition) is 3. The van der Waals surface area contributed by atoms with E-state index in [1.807, 2.05) is 12.1 Å². The van der Waals surface area contributed by atoms with E-state index in [1.165, 1.54) is 0 Å². The summed E-state index contributed by atoms with van der Waals surface area (Å²) in [5, 5.41) is 13.3. The Hall–Kier alpha value is -1.07. The summed E-state index contributed by atoms with van der Waals surface area (Å²) in [4.78, 5) is 10.6. The lowest BCUT2D eigenvalue weighted by atomic mass is 10.0. The second-order valence-corrected chi connectivity index (χ2v) is 5.46. The fourth-order valence-electron chi connectivity index (χ4n) is 1.98. The van der Waals surface area contributed by atoms with Gasteiger partial charge in [-0.25, -0.2) is 0 Å². The molecule has 1 amide bonds. The number of unbranched alkanes of at least 4 members (excludes halogenated alkanes) is 1. The molecule has 0 radical (unpaired) electrons. The number of hydrogen-bond acceptors (Lipinski definition) is 3. The lowest BCUT2D eigenvalue weighted by molar-refractivity contribution is -0.118. The van der Waals surface area contributed by atoms with Crippen LogP contribution in [0.15, 0.2) is 22.7 Å². The molecule has 0 aliphatic rings. The third kappa shape index (κ3) is 5.61. The summed E-state index contributed by atoms with van der Waals surface area (Å²) in [7, 11) is 0. The Labute approximate surface area is 122 Å². The summed E-state index contributed by atoms with van der Waals surface area (Å²) < 4.78 is 0.953. The van der Waals surface area contributed by atoms with Crippen LogP contribution in [0.1, 0.15) is 44.2 Å². The van der Waals surface area contributed by atoms with E-state index >= 15 is 0 Å². The van der Waals surface area contributed by atoms with Crippen LogP contribution in [0.25, 0.3) is 0 Å². The van der Waals surface area contributed by atoms with Gasteiger partial charge in [-0.1, -0.05) is 22.9 Å². The maximum Gasteiger partial charge on any atom is 0.217 e. The summed E-state index contributed by atoms with van der Waals surface area (Å²) in [5.74, 6) is 0.0522. The molecule has 1 aromatic rings. The highest BCUT2D eigenvalue weighted by Gasteiger charge is 2.13. The number of nitrogens with two attached hydrogens (primary N) is 1. The first kappa shape index (κ1) is 16.0. The molecule has 1 unspecified atom stereocenters. The molecule has 1 aromatic carbocycles. The SMILES string of the molecule is CCC(NCCCCC(N)=O)c1cc(Br)ccc1O. The Morgan fingerprint density at radius 1 is 1.47 bits per heavy atom. The number of phenolic OH excluding ortho intramolecular Hbond substituents is 1. The highest BCUT2D eigenvalue weighted by molar-refractivity contribution is 9.10. The standard InChI is InChI=1S/C14H21BrN2O2/c1-2-12(17-8-4-3-5-14(16)19)11-9-10(15)6-7-13(11)18/h6-7,9,12,17-18H,2-5,8H2,1H3,(H2,16,19). The van der Waals surface area contributed by atoms with Crippen LogP contribution in [0.3, 0.4) is 0 Å². The van der Waals surface area contributed by atoms with E-state index in [0.29, 0.717) is 12.2 Å². The van der Waals surface area contributed by atoms with E-state index in [0.717, 1.165) is 35.8 Å². The third-order valence-corrected chi connectivity index (χ3v) is 3.51. The van der Waals surface area contributed by atoms with Gasteiger partial charge in [0.1, 0.15) is 5.75 Å². The molecule has 106 valence electrons. The fourth-order valence-corrected chi connectivity index (χ4v) is 2.36. The Bertz CT molecular complexity index is 424. The predicted molar refractivity (Wildman–Crippen MR) is 79.9 cm³/mol. The van der Waals surface area contributed by atoms with Gasteiger partial charge < -0.3 is 16.2 Å². The quantitative estimate of drug-likeness (QED) is 0.642. The van der Waals surface area contributed by atoms with Crippen molar-refractivity contribution in [3.05, 3.63) is 28.2 Å². The minimum atomic E-state index is -0.253. The molecule has 0 saturated heterocycles. The average Bonchev–Trinajstić information content (AvgIpc) is 2.37. The van der Waals surface area contributed by atoms with Gasteiger partial charge in [-0.15, -0.1) is 0 Å². The first-order valence-corrected chi connectivity index (χ1v) is 7.34. The van der Waals surface area contributed by atoms with E-state index in [9.17, 15) is 9.90 Å². The number of aromatic hydroxyl groups is 1. The molecule has 4 N–H and O–H groups in total. The smallest absolute Gasteiger partial charge is 0.217 e. The van der Waals surface area contributed by atoms with Crippen molar-refractivity contribution in [2.75, 3.05) is 6.54 Å². The minimum Gasteiger partial charge on any atom is -0.508 e. The summed E-state index contributed by atoms with van der Waals surface area (Å²) in [6.45, 7) is 2.87. The number of halogens is 1. The van der Waals surface area contributed by atoms with Crippen molar-refractivity contribution < 1.29 is 9.90 Å². The topological polar surface area (TPSA) is 75.3 Å². The zero-order chi connectivity index (χ0) is 14.3. The Morgan fingerprint density at radius 2 is 2.21 bits per heavy atom. The van der Waals surface area contributed by atoms with Crippen LogP contribution in [0.2, 0.25) is 0 Å². The second-order valence-electron chi connectivity index (χ2n) is 4.54. The number of carbonyl (C=O) groups is 1. The summed E-state index contributed by atoms with van der Waals surface area (Å²) in [6, 6.07) is 5.56. The number of carbonyl (C=O) groups excluding carboxylic acids is 1. The summed E-state index contributed by atoms with van der Waals surface area (Å²) in [5.41, 5.74) is 5.99. The van der Waals surface area contributed by atoms with E-state index in [1.54, 1.807) is 6.07 Å². The number of rotatable bonds is 8. The normalized spacial score (nSPS) is 12.3. The van der Waals surface area contributed by atoms with Crippen LogP contribution in [-0.2, 0) is 4.79 Å². The monoisotopic (exact) mass is 328 g/mol. The number of phenols is 1. The molecule has 0 saturated carbocycles. The van der Waals surface area contributed by atoms with Gasteiger partial charge in [-0.3, -0.25) is 4.79 Å². The van der Waals surface area contributed by atoms with Crippen LogP contribution in [-0.4, -0.2) is 17.6 Å². The summed E-state index contributed by atoms with van der Waals surface area (Å²) in [6.07, 6.45) is 3.01. The van der Waals surface area contributed by atoms with Crippen molar-refractivity contribution in [2.24, 2.45) is 5.73 Å². The van der Waals surface area contributed by atoms with Crippen LogP contribution in [0.5, 0.6) is 5.75 Å². The zero-order valence-electron chi connectivity index (χ0n) is 11.2. The van der Waals surface area contributed by atoms with E-state index in [-0.39, 0.29) is 11.9 Å². The Balaban J connectivity index is 2.49. The molecule has 19 heavy (non-hydrogen) atoms. The fraction of sp³-hybridized carbons (Fsp3) is 0.500. The van der Waals surface area contributed by atoms with Crippen molar-refractivity contribution in [3.63, 3.8) is 0 Å². The highest BCUT2D eigenvalue weighted by atomic mass is 79.9. The van der Waals surface area contributed by atoms with Crippen molar-refractivity contribution in [2.45, 2.75) is 38.6 Å². The zero-order valence-corrected chi connectivity index (χ0v) is 12.7. The minimum absolute atomic E-state index is 0.117. The van der Waals surface area contributed by atoms with Gasteiger partial charge >= 0.3 is 0 Å². The molecule has 5 heteroatoms. The highest BCUT2D eigenvalue weighted by Crippen LogP contribution is 2.29. The van der Waals surface area contributed by atoms with Crippen LogP contribution in [0.4, 0.5) is 0 Å². The molecule has 1 rings (SSSR count). The van der Waals surface area contributed by atoms with Crippen molar-refractivity contribution >= 4 is 21.8 Å². The lowest BCUT2D eigenvalue weighted by Crippen LogP contribution is -2.22. The van der Waals surface area contributed by atoms with Crippen molar-refractivity contribution in [1.29, 1.82) is 0 Å². The maximum absolute atomic E-state index is 10.6. The molecule has 0 aliphatic heterocycles. The van der Waals surface area contributed by atoms with Crippen LogP contribution in [0, 0.1) is 0 Å². The largest absolute Gasteiger partial charge is 0.508 e. The van der Waals surface area contributed by atoms with Crippen molar-refractivity contribution in [1.82, 2.24) is 5.32 Å². The van der Waals surface area contributed by atoms with Crippen molar-refractivity contribution in [3.8, 4) is 5.75 Å². The van der Waals surface area contributed by atoms with E-state index in [2.05, 4.69) is 28.2 Å². The van der Waals surface area contributed by atoms with Crippen LogP contribution < -0.4 is 11.1 Å². The van der Waals surface area contributed by atoms with Gasteiger partial charge in [-0.05, 0) is 44.0 Å². The van der Waals surface area contributed by atoms with Crippen LogP contribution >= 0.6 is 15.9 Å². The molecule has 1 atom stereocenters. The third-order valence-electron chi connectivity index (χ3n) is 3.01. The Morgan fingerprint density at radius 3 is 2.84 bits per heavy atom. The number of primary amides is 1. The molecular formula is C14H21BrN2O2. The maximum atomic E-state index is 10.6. The number of amides is 1. The second kappa shape index (κ2) is 8.17. The molecule has 0 aliphatic carbocycles. The lowest BCUT2D eigenvalue weighted by Gasteiger charge is -2.19. The van der Waals surface area contributed by atoms with E-state index in [4.69, 9.17) is 5.73 Å². The van der Waals surface area contributed by atoms with E-state index < -0.39 is 0 Å². The van der Waals surface area contributed by atoms with Gasteiger partial charge in [0.05, 0.1) is 0 Å². The van der Waals surface area contributed by atoms with Gasteiger partial charge in [-0.2, -0.15) is 0 Å². The number of nitrogens with one attached hydrogen (secondary N) is 1. The molecule has 0 bridgehead atoms. The molecule has 4 nitrogen and oxygen atoms in total. The molecule has 0 fully saturated rings. The summed E-state index contributed by atoms with van der Waals surface area (Å²) >= 11 is 3.41. The molecule has 0 heterocycles. The Kier molecular flexibility index (Phi) is 6.87. The van der Waals surface area contributed by atoms with Gasteiger partial charge in [0.2, 0.25) is 5.91 Å². The predicted octanol–water partition coefficient (Wildman–Crippen LogP) is 2.85. The first-order valence-electron chi connectivity index (χ1n) is 6.54. The van der Waals surface area contributed by atoms with Gasteiger partial charge in [0, 0.05) is 22.5 Å². The first-order chi connectivity index (χ1) is 9.04. The molecule has 0 spiro atoms. The number of benzene rings is 1. The average molecular weight is 329 g/mol.